The van der Waals surface area contributed by atoms with Gasteiger partial charge in [0.25, 0.3) is 5.69 Å². The van der Waals surface area contributed by atoms with Gasteiger partial charge in [-0.15, -0.1) is 0 Å². The zero-order chi connectivity index (χ0) is 10.8. The third kappa shape index (κ3) is 2.02. The minimum absolute atomic E-state index is 0.111. The van der Waals surface area contributed by atoms with Crippen LogP contribution in [0.3, 0.4) is 0 Å². The normalized spacial score (nSPS) is 10.2. The molecule has 2 aromatic rings. The summed E-state index contributed by atoms with van der Waals surface area (Å²) >= 11 is 1.40. The molecule has 0 aliphatic carbocycles. The second-order valence-corrected chi connectivity index (χ2v) is 3.94. The van der Waals surface area contributed by atoms with Gasteiger partial charge in [0.2, 0.25) is 0 Å². The van der Waals surface area contributed by atoms with Crippen LogP contribution >= 0.6 is 11.5 Å². The van der Waals surface area contributed by atoms with Crippen LogP contribution in [0.15, 0.2) is 30.3 Å². The SMILES string of the molecule is Cc1cc(-c2ccc([N+](=O)[O-])cc2)sn1. The Morgan fingerprint density at radius 3 is 2.47 bits per heavy atom. The quantitative estimate of drug-likeness (QED) is 0.577. The van der Waals surface area contributed by atoms with E-state index in [2.05, 4.69) is 4.37 Å². The number of hydrogen-bond acceptors (Lipinski definition) is 4. The molecule has 0 saturated heterocycles. The third-order valence-corrected chi connectivity index (χ3v) is 2.92. The Balaban J connectivity index is 2.35. The molecule has 5 heteroatoms. The van der Waals surface area contributed by atoms with Crippen LogP contribution in [0.1, 0.15) is 5.69 Å². The van der Waals surface area contributed by atoms with Gasteiger partial charge in [0, 0.05) is 12.1 Å². The number of aromatic nitrogens is 1. The van der Waals surface area contributed by atoms with Crippen molar-refractivity contribution in [3.8, 4) is 10.4 Å². The van der Waals surface area contributed by atoms with Gasteiger partial charge in [-0.3, -0.25) is 10.1 Å². The fourth-order valence-corrected chi connectivity index (χ4v) is 2.01. The average molecular weight is 220 g/mol. The highest BCUT2D eigenvalue weighted by Crippen LogP contribution is 2.26. The topological polar surface area (TPSA) is 56.0 Å². The molecular formula is C10H8N2O2S. The van der Waals surface area contributed by atoms with Crippen molar-refractivity contribution in [2.75, 3.05) is 0 Å². The number of hydrogen-bond donors (Lipinski definition) is 0. The first-order chi connectivity index (χ1) is 7.16. The van der Waals surface area contributed by atoms with Gasteiger partial charge in [0.1, 0.15) is 0 Å². The van der Waals surface area contributed by atoms with Crippen molar-refractivity contribution in [2.45, 2.75) is 6.92 Å². The lowest BCUT2D eigenvalue weighted by molar-refractivity contribution is -0.384. The second-order valence-electron chi connectivity index (χ2n) is 3.14. The predicted molar refractivity (Wildman–Crippen MR) is 58.9 cm³/mol. The number of nitro groups is 1. The molecule has 0 fully saturated rings. The Hall–Kier alpha value is -1.75. The van der Waals surface area contributed by atoms with Gasteiger partial charge in [0.15, 0.2) is 0 Å². The van der Waals surface area contributed by atoms with E-state index in [1.807, 2.05) is 13.0 Å². The van der Waals surface area contributed by atoms with Gasteiger partial charge in [-0.2, -0.15) is 4.37 Å². The summed E-state index contributed by atoms with van der Waals surface area (Å²) in [5.41, 5.74) is 2.04. The molecule has 0 saturated carbocycles. The van der Waals surface area contributed by atoms with Crippen molar-refractivity contribution in [3.05, 3.63) is 46.1 Å². The van der Waals surface area contributed by atoms with Crippen LogP contribution in [0.2, 0.25) is 0 Å². The molecule has 0 atom stereocenters. The maximum atomic E-state index is 10.4. The largest absolute Gasteiger partial charge is 0.269 e. The van der Waals surface area contributed by atoms with Crippen molar-refractivity contribution in [3.63, 3.8) is 0 Å². The Bertz CT molecular complexity index is 490. The Kier molecular flexibility index (Phi) is 2.47. The minimum atomic E-state index is -0.401. The molecule has 0 aliphatic heterocycles. The molecule has 0 N–H and O–H groups in total. The summed E-state index contributed by atoms with van der Waals surface area (Å²) in [7, 11) is 0. The van der Waals surface area contributed by atoms with Crippen LogP contribution in [0, 0.1) is 17.0 Å². The van der Waals surface area contributed by atoms with E-state index in [0.29, 0.717) is 0 Å². The Morgan fingerprint density at radius 2 is 2.00 bits per heavy atom. The molecule has 1 aromatic heterocycles. The lowest BCUT2D eigenvalue weighted by Crippen LogP contribution is -1.86. The zero-order valence-corrected chi connectivity index (χ0v) is 8.82. The predicted octanol–water partition coefficient (Wildman–Crippen LogP) is 3.03. The number of rotatable bonds is 2. The first kappa shape index (κ1) is 9.79. The first-order valence-corrected chi connectivity index (χ1v) is 5.12. The van der Waals surface area contributed by atoms with Crippen molar-refractivity contribution in [2.24, 2.45) is 0 Å². The van der Waals surface area contributed by atoms with Crippen LogP contribution in [0.25, 0.3) is 10.4 Å². The van der Waals surface area contributed by atoms with Gasteiger partial charge in [0.05, 0.1) is 15.5 Å². The van der Waals surface area contributed by atoms with E-state index < -0.39 is 4.92 Å². The van der Waals surface area contributed by atoms with E-state index in [4.69, 9.17) is 0 Å². The summed E-state index contributed by atoms with van der Waals surface area (Å²) < 4.78 is 4.16. The Morgan fingerprint density at radius 1 is 1.33 bits per heavy atom. The molecule has 0 radical (unpaired) electrons. The highest BCUT2D eigenvalue weighted by molar-refractivity contribution is 7.09. The molecule has 0 spiro atoms. The smallest absolute Gasteiger partial charge is 0.258 e. The van der Waals surface area contributed by atoms with Crippen LogP contribution < -0.4 is 0 Å². The van der Waals surface area contributed by atoms with Crippen molar-refractivity contribution in [1.82, 2.24) is 4.37 Å². The van der Waals surface area contributed by atoms with Crippen molar-refractivity contribution < 1.29 is 4.92 Å². The number of aryl methyl sites for hydroxylation is 1. The van der Waals surface area contributed by atoms with Crippen molar-refractivity contribution in [1.29, 1.82) is 0 Å². The summed E-state index contributed by atoms with van der Waals surface area (Å²) in [4.78, 5) is 11.1. The number of benzene rings is 1. The third-order valence-electron chi connectivity index (χ3n) is 1.99. The maximum Gasteiger partial charge on any atom is 0.269 e. The molecule has 4 nitrogen and oxygen atoms in total. The lowest BCUT2D eigenvalue weighted by atomic mass is 10.2. The van der Waals surface area contributed by atoms with E-state index in [1.54, 1.807) is 12.1 Å². The summed E-state index contributed by atoms with van der Waals surface area (Å²) in [6.07, 6.45) is 0. The lowest BCUT2D eigenvalue weighted by Gasteiger charge is -1.95. The van der Waals surface area contributed by atoms with Gasteiger partial charge in [-0.25, -0.2) is 0 Å². The van der Waals surface area contributed by atoms with Crippen LogP contribution in [0.5, 0.6) is 0 Å². The summed E-state index contributed by atoms with van der Waals surface area (Å²) in [5, 5.41) is 10.4. The summed E-state index contributed by atoms with van der Waals surface area (Å²) in [6, 6.07) is 8.46. The molecular weight excluding hydrogens is 212 g/mol. The standard InChI is InChI=1S/C10H8N2O2S/c1-7-6-10(15-11-7)8-2-4-9(5-3-8)12(13)14/h2-6H,1H3. The van der Waals surface area contributed by atoms with Gasteiger partial charge < -0.3 is 0 Å². The van der Waals surface area contributed by atoms with Gasteiger partial charge >= 0.3 is 0 Å². The highest BCUT2D eigenvalue weighted by atomic mass is 32.1. The van der Waals surface area contributed by atoms with Crippen LogP contribution in [-0.4, -0.2) is 9.30 Å². The maximum absolute atomic E-state index is 10.4. The van der Waals surface area contributed by atoms with E-state index in [0.717, 1.165) is 16.1 Å². The molecule has 76 valence electrons. The van der Waals surface area contributed by atoms with Gasteiger partial charge in [-0.1, -0.05) is 0 Å². The molecule has 0 aliphatic rings. The fourth-order valence-electron chi connectivity index (χ4n) is 1.25. The molecule has 0 amide bonds. The van der Waals surface area contributed by atoms with Crippen molar-refractivity contribution >= 4 is 17.2 Å². The second kappa shape index (κ2) is 3.78. The summed E-state index contributed by atoms with van der Waals surface area (Å²) in [5.74, 6) is 0. The Labute approximate surface area is 90.5 Å². The zero-order valence-electron chi connectivity index (χ0n) is 8.01. The van der Waals surface area contributed by atoms with E-state index >= 15 is 0 Å². The number of non-ortho nitro benzene ring substituents is 1. The molecule has 2 rings (SSSR count). The molecule has 0 unspecified atom stereocenters. The first-order valence-electron chi connectivity index (χ1n) is 4.35. The monoisotopic (exact) mass is 220 g/mol. The molecule has 1 heterocycles. The van der Waals surface area contributed by atoms with Crippen LogP contribution in [0.4, 0.5) is 5.69 Å². The number of nitro benzene ring substituents is 1. The molecule has 15 heavy (non-hydrogen) atoms. The van der Waals surface area contributed by atoms with Crippen LogP contribution in [-0.2, 0) is 0 Å². The number of nitrogens with zero attached hydrogens (tertiary/aromatic N) is 2. The molecule has 1 aromatic carbocycles. The van der Waals surface area contributed by atoms with E-state index in [-0.39, 0.29) is 5.69 Å². The minimum Gasteiger partial charge on any atom is -0.258 e. The van der Waals surface area contributed by atoms with E-state index in [1.165, 1.54) is 23.7 Å². The van der Waals surface area contributed by atoms with Gasteiger partial charge in [-0.05, 0) is 42.2 Å². The van der Waals surface area contributed by atoms with E-state index in [9.17, 15) is 10.1 Å². The highest BCUT2D eigenvalue weighted by Gasteiger charge is 2.06. The fraction of sp³-hybridized carbons (Fsp3) is 0.100. The average Bonchev–Trinajstić information content (AvgIpc) is 2.65. The molecule has 0 bridgehead atoms. The summed E-state index contributed by atoms with van der Waals surface area (Å²) in [6.45, 7) is 1.92.